The summed E-state index contributed by atoms with van der Waals surface area (Å²) >= 11 is 0. The highest BCUT2D eigenvalue weighted by Crippen LogP contribution is 2.25. The first-order chi connectivity index (χ1) is 5.98. The molecule has 0 heterocycles. The molecule has 14 heavy (non-hydrogen) atoms. The van der Waals surface area contributed by atoms with E-state index in [1.807, 2.05) is 0 Å². The Kier molecular flexibility index (Phi) is 3.77. The van der Waals surface area contributed by atoms with Crippen LogP contribution < -0.4 is 0 Å². The third kappa shape index (κ3) is 3.32. The van der Waals surface area contributed by atoms with Gasteiger partial charge in [0.2, 0.25) is 0 Å². The molecule has 0 unspecified atom stereocenters. The second kappa shape index (κ2) is 3.92. The van der Waals surface area contributed by atoms with Crippen molar-refractivity contribution in [1.29, 1.82) is 0 Å². The van der Waals surface area contributed by atoms with Crippen molar-refractivity contribution >= 4 is 14.9 Å². The molecule has 0 aromatic carbocycles. The van der Waals surface area contributed by atoms with Crippen molar-refractivity contribution in [2.45, 2.75) is 45.6 Å². The zero-order chi connectivity index (χ0) is 11.7. The van der Waals surface area contributed by atoms with Gasteiger partial charge in [-0.1, -0.05) is 13.1 Å². The molecule has 0 radical (unpaired) electrons. The minimum atomic E-state index is -4.76. The molecule has 0 fully saturated rings. The van der Waals surface area contributed by atoms with Gasteiger partial charge in [-0.25, -0.2) is 0 Å². The molecule has 0 atom stereocenters. The second-order valence-corrected chi connectivity index (χ2v) is 7.14. The van der Waals surface area contributed by atoms with Crippen LogP contribution in [-0.2, 0) is 4.79 Å². The number of carbonyl (C=O) groups excluding carboxylic acids is 1. The number of halogens is 3. The molecule has 0 rings (SSSR count). The SMILES string of the molecule is C[SiH](C)N(C(=O)C(F)(F)F)C(C)(C)C. The molecule has 0 bridgehead atoms. The van der Waals surface area contributed by atoms with E-state index < -0.39 is 26.6 Å². The topological polar surface area (TPSA) is 20.3 Å². The van der Waals surface area contributed by atoms with Crippen LogP contribution in [0.4, 0.5) is 13.2 Å². The van der Waals surface area contributed by atoms with Gasteiger partial charge in [-0.05, 0) is 20.8 Å². The van der Waals surface area contributed by atoms with E-state index in [-0.39, 0.29) is 0 Å². The van der Waals surface area contributed by atoms with Gasteiger partial charge in [0.25, 0.3) is 0 Å². The lowest BCUT2D eigenvalue weighted by atomic mass is 10.1. The van der Waals surface area contributed by atoms with Gasteiger partial charge in [0.15, 0.2) is 0 Å². The number of hydrogen-bond acceptors (Lipinski definition) is 1. The summed E-state index contributed by atoms with van der Waals surface area (Å²) < 4.78 is 37.6. The highest BCUT2D eigenvalue weighted by atomic mass is 28.3. The van der Waals surface area contributed by atoms with Gasteiger partial charge in [-0.15, -0.1) is 0 Å². The molecular formula is C8H16F3NOSi. The Bertz CT molecular complexity index is 220. The first kappa shape index (κ1) is 13.5. The summed E-state index contributed by atoms with van der Waals surface area (Å²) in [6.45, 7) is 8.25. The van der Waals surface area contributed by atoms with Crippen LogP contribution in [0.5, 0.6) is 0 Å². The normalized spacial score (nSPS) is 13.2. The summed E-state index contributed by atoms with van der Waals surface area (Å²) in [4.78, 5) is 11.1. The van der Waals surface area contributed by atoms with E-state index in [0.29, 0.717) is 0 Å². The van der Waals surface area contributed by atoms with Gasteiger partial charge in [-0.2, -0.15) is 13.2 Å². The van der Waals surface area contributed by atoms with E-state index in [9.17, 15) is 18.0 Å². The number of nitrogens with zero attached hydrogens (tertiary/aromatic N) is 1. The van der Waals surface area contributed by atoms with Crippen molar-refractivity contribution in [1.82, 2.24) is 4.57 Å². The predicted molar refractivity (Wildman–Crippen MR) is 51.5 cm³/mol. The molecule has 1 amide bonds. The number of alkyl halides is 3. The lowest BCUT2D eigenvalue weighted by molar-refractivity contribution is -0.184. The molecule has 0 saturated carbocycles. The third-order valence-electron chi connectivity index (χ3n) is 1.70. The van der Waals surface area contributed by atoms with E-state index in [1.54, 1.807) is 33.9 Å². The van der Waals surface area contributed by atoms with E-state index in [4.69, 9.17) is 0 Å². The molecule has 0 aliphatic heterocycles. The van der Waals surface area contributed by atoms with Crippen LogP contribution in [0.1, 0.15) is 20.8 Å². The fraction of sp³-hybridized carbons (Fsp3) is 0.875. The minimum Gasteiger partial charge on any atom is -0.361 e. The van der Waals surface area contributed by atoms with Gasteiger partial charge in [0.1, 0.15) is 8.96 Å². The second-order valence-electron chi connectivity index (χ2n) is 4.44. The molecule has 0 N–H and O–H groups in total. The standard InChI is InChI=1S/C8H16F3NOSi/c1-7(2,3)12(14(4)5)6(13)8(9,10)11/h14H,1-5H3. The summed E-state index contributed by atoms with van der Waals surface area (Å²) in [6.07, 6.45) is -4.76. The van der Waals surface area contributed by atoms with Gasteiger partial charge in [0.05, 0.1) is 0 Å². The summed E-state index contributed by atoms with van der Waals surface area (Å²) in [5, 5.41) is 0. The Labute approximate surface area is 83.8 Å². The molecule has 6 heteroatoms. The number of carbonyl (C=O) groups is 1. The molecule has 0 aromatic heterocycles. The fourth-order valence-electron chi connectivity index (χ4n) is 1.45. The fourth-order valence-corrected chi connectivity index (χ4v) is 3.61. The van der Waals surface area contributed by atoms with E-state index >= 15 is 0 Å². The highest BCUT2D eigenvalue weighted by molar-refractivity contribution is 6.56. The van der Waals surface area contributed by atoms with Crippen molar-refractivity contribution in [2.24, 2.45) is 0 Å². The Morgan fingerprint density at radius 3 is 1.57 bits per heavy atom. The van der Waals surface area contributed by atoms with E-state index in [1.165, 1.54) is 0 Å². The minimum absolute atomic E-state index is 0.757. The van der Waals surface area contributed by atoms with Gasteiger partial charge in [0, 0.05) is 5.54 Å². The van der Waals surface area contributed by atoms with Crippen molar-refractivity contribution in [3.8, 4) is 0 Å². The van der Waals surface area contributed by atoms with Crippen LogP contribution in [-0.4, -0.2) is 31.1 Å². The van der Waals surface area contributed by atoms with Crippen molar-refractivity contribution in [2.75, 3.05) is 0 Å². The van der Waals surface area contributed by atoms with Crippen LogP contribution >= 0.6 is 0 Å². The first-order valence-electron chi connectivity index (χ1n) is 4.38. The summed E-state index contributed by atoms with van der Waals surface area (Å²) in [7, 11) is -1.80. The third-order valence-corrected chi connectivity index (χ3v) is 3.74. The largest absolute Gasteiger partial charge is 0.470 e. The highest BCUT2D eigenvalue weighted by Gasteiger charge is 2.46. The predicted octanol–water partition coefficient (Wildman–Crippen LogP) is 2.16. The molecule has 0 spiro atoms. The monoisotopic (exact) mass is 227 g/mol. The lowest BCUT2D eigenvalue weighted by Gasteiger charge is -2.39. The average molecular weight is 227 g/mol. The Hall–Kier alpha value is -0.523. The Balaban J connectivity index is 4.97. The summed E-state index contributed by atoms with van der Waals surface area (Å²) in [5.74, 6) is -1.72. The van der Waals surface area contributed by atoms with Crippen LogP contribution in [0.2, 0.25) is 13.1 Å². The van der Waals surface area contributed by atoms with Crippen LogP contribution in [0.25, 0.3) is 0 Å². The molecule has 0 aliphatic carbocycles. The van der Waals surface area contributed by atoms with Gasteiger partial charge < -0.3 is 4.57 Å². The van der Waals surface area contributed by atoms with Crippen LogP contribution in [0, 0.1) is 0 Å². The lowest BCUT2D eigenvalue weighted by Crippen LogP contribution is -2.56. The first-order valence-corrected chi connectivity index (χ1v) is 7.21. The van der Waals surface area contributed by atoms with E-state index in [2.05, 4.69) is 0 Å². The summed E-state index contributed by atoms with van der Waals surface area (Å²) in [5.41, 5.74) is -0.757. The average Bonchev–Trinajstić information content (AvgIpc) is 1.79. The van der Waals surface area contributed by atoms with Gasteiger partial charge >= 0.3 is 12.1 Å². The zero-order valence-electron chi connectivity index (χ0n) is 9.07. The summed E-state index contributed by atoms with van der Waals surface area (Å²) in [6, 6.07) is 0. The smallest absolute Gasteiger partial charge is 0.361 e. The molecule has 0 aliphatic rings. The van der Waals surface area contributed by atoms with Crippen molar-refractivity contribution < 1.29 is 18.0 Å². The molecule has 0 saturated heterocycles. The Morgan fingerprint density at radius 2 is 1.50 bits per heavy atom. The molecule has 84 valence electrons. The Morgan fingerprint density at radius 1 is 1.14 bits per heavy atom. The maximum Gasteiger partial charge on any atom is 0.470 e. The molecular weight excluding hydrogens is 211 g/mol. The number of amides is 1. The van der Waals surface area contributed by atoms with Crippen molar-refractivity contribution in [3.63, 3.8) is 0 Å². The van der Waals surface area contributed by atoms with Crippen LogP contribution in [0.3, 0.4) is 0 Å². The number of hydrogen-bond donors (Lipinski definition) is 0. The van der Waals surface area contributed by atoms with Gasteiger partial charge in [-0.3, -0.25) is 4.79 Å². The molecule has 2 nitrogen and oxygen atoms in total. The van der Waals surface area contributed by atoms with Crippen molar-refractivity contribution in [3.05, 3.63) is 0 Å². The zero-order valence-corrected chi connectivity index (χ0v) is 10.2. The number of rotatable bonds is 1. The van der Waals surface area contributed by atoms with E-state index in [0.717, 1.165) is 4.57 Å². The quantitative estimate of drug-likeness (QED) is 0.629. The van der Waals surface area contributed by atoms with Crippen LogP contribution in [0.15, 0.2) is 0 Å². The maximum absolute atomic E-state index is 12.2. The maximum atomic E-state index is 12.2. The molecule has 0 aromatic rings.